The zero-order valence-corrected chi connectivity index (χ0v) is 11.8. The Morgan fingerprint density at radius 1 is 1.11 bits per heavy atom. The lowest BCUT2D eigenvalue weighted by Gasteiger charge is -2.53. The van der Waals surface area contributed by atoms with E-state index in [4.69, 9.17) is 5.84 Å². The van der Waals surface area contributed by atoms with E-state index in [-0.39, 0.29) is 11.3 Å². The van der Waals surface area contributed by atoms with Gasteiger partial charge in [0, 0.05) is 6.54 Å². The average molecular weight is 253 g/mol. The molecule has 18 heavy (non-hydrogen) atoms. The van der Waals surface area contributed by atoms with E-state index in [1.54, 1.807) is 0 Å². The minimum atomic E-state index is -0.139. The standard InChI is InChI=1S/C14H27N3O/c1-3-17(4-2)11-13-5-8-14(9-6-13,10-7-13)12(18)16-15/h3-11,15H2,1-2H3,(H,16,18). The van der Waals surface area contributed by atoms with Crippen molar-refractivity contribution in [3.63, 3.8) is 0 Å². The molecule has 3 rings (SSSR count). The fourth-order valence-electron chi connectivity index (χ4n) is 3.92. The predicted octanol–water partition coefficient (Wildman–Crippen LogP) is 1.66. The Kier molecular flexibility index (Phi) is 3.97. The first-order valence-electron chi connectivity index (χ1n) is 7.33. The van der Waals surface area contributed by atoms with Gasteiger partial charge in [0.05, 0.1) is 5.41 Å². The molecule has 0 radical (unpaired) electrons. The molecule has 0 atom stereocenters. The van der Waals surface area contributed by atoms with Crippen LogP contribution in [0.1, 0.15) is 52.4 Å². The lowest BCUT2D eigenvalue weighted by atomic mass is 9.53. The molecule has 4 heteroatoms. The highest BCUT2D eigenvalue weighted by atomic mass is 16.2. The monoisotopic (exact) mass is 253 g/mol. The Hall–Kier alpha value is -0.610. The molecule has 1 amide bonds. The highest BCUT2D eigenvalue weighted by Crippen LogP contribution is 2.57. The van der Waals surface area contributed by atoms with Gasteiger partial charge in [-0.2, -0.15) is 0 Å². The summed E-state index contributed by atoms with van der Waals surface area (Å²) in [5, 5.41) is 0. The molecule has 3 fully saturated rings. The van der Waals surface area contributed by atoms with Crippen molar-refractivity contribution in [3.05, 3.63) is 0 Å². The van der Waals surface area contributed by atoms with E-state index in [0.717, 1.165) is 32.4 Å². The Balaban J connectivity index is 2.01. The third-order valence-corrected chi connectivity index (χ3v) is 5.47. The van der Waals surface area contributed by atoms with Gasteiger partial charge in [-0.15, -0.1) is 0 Å². The number of hydrogen-bond donors (Lipinski definition) is 2. The number of carbonyl (C=O) groups is 1. The second-order valence-electron chi connectivity index (χ2n) is 6.22. The summed E-state index contributed by atoms with van der Waals surface area (Å²) < 4.78 is 0. The molecule has 0 aromatic heterocycles. The summed E-state index contributed by atoms with van der Waals surface area (Å²) in [6.45, 7) is 7.94. The Morgan fingerprint density at radius 3 is 2.00 bits per heavy atom. The van der Waals surface area contributed by atoms with Crippen molar-refractivity contribution in [1.29, 1.82) is 0 Å². The van der Waals surface area contributed by atoms with Crippen LogP contribution in [-0.2, 0) is 4.79 Å². The molecular formula is C14H27N3O. The van der Waals surface area contributed by atoms with E-state index >= 15 is 0 Å². The first kappa shape index (κ1) is 13.8. The van der Waals surface area contributed by atoms with Gasteiger partial charge in [-0.1, -0.05) is 13.8 Å². The number of carbonyl (C=O) groups excluding carboxylic acids is 1. The smallest absolute Gasteiger partial charge is 0.240 e. The van der Waals surface area contributed by atoms with Gasteiger partial charge in [0.1, 0.15) is 0 Å². The van der Waals surface area contributed by atoms with Crippen molar-refractivity contribution >= 4 is 5.91 Å². The molecule has 104 valence electrons. The zero-order chi connectivity index (χ0) is 13.2. The topological polar surface area (TPSA) is 58.4 Å². The molecule has 3 aliphatic rings. The zero-order valence-electron chi connectivity index (χ0n) is 11.8. The van der Waals surface area contributed by atoms with Gasteiger partial charge in [-0.3, -0.25) is 10.2 Å². The molecule has 0 spiro atoms. The van der Waals surface area contributed by atoms with E-state index in [0.29, 0.717) is 5.41 Å². The maximum Gasteiger partial charge on any atom is 0.240 e. The number of amides is 1. The summed E-state index contributed by atoms with van der Waals surface area (Å²) in [5.41, 5.74) is 2.71. The first-order chi connectivity index (χ1) is 8.60. The number of nitrogens with two attached hydrogens (primary N) is 1. The summed E-state index contributed by atoms with van der Waals surface area (Å²) in [6, 6.07) is 0. The lowest BCUT2D eigenvalue weighted by Crippen LogP contribution is -2.54. The molecule has 3 N–H and O–H groups in total. The normalized spacial score (nSPS) is 34.9. The summed E-state index contributed by atoms with van der Waals surface area (Å²) in [7, 11) is 0. The van der Waals surface area contributed by atoms with Gasteiger partial charge < -0.3 is 4.90 Å². The molecule has 0 aromatic carbocycles. The van der Waals surface area contributed by atoms with Crippen LogP contribution in [0.15, 0.2) is 0 Å². The van der Waals surface area contributed by atoms with Crippen LogP contribution in [0.25, 0.3) is 0 Å². The van der Waals surface area contributed by atoms with Crippen LogP contribution in [0.5, 0.6) is 0 Å². The molecular weight excluding hydrogens is 226 g/mol. The van der Waals surface area contributed by atoms with Crippen molar-refractivity contribution in [1.82, 2.24) is 10.3 Å². The molecule has 0 aliphatic heterocycles. The van der Waals surface area contributed by atoms with Crippen LogP contribution in [0.4, 0.5) is 0 Å². The lowest BCUT2D eigenvalue weighted by molar-refractivity contribution is -0.141. The summed E-state index contributed by atoms with van der Waals surface area (Å²) >= 11 is 0. The maximum absolute atomic E-state index is 11.9. The fourth-order valence-corrected chi connectivity index (χ4v) is 3.92. The SMILES string of the molecule is CCN(CC)CC12CCC(C(=O)NN)(CC1)CC2. The molecule has 0 saturated heterocycles. The van der Waals surface area contributed by atoms with E-state index in [1.807, 2.05) is 0 Å². The molecule has 3 saturated carbocycles. The number of hydrazine groups is 1. The molecule has 3 aliphatic carbocycles. The quantitative estimate of drug-likeness (QED) is 0.445. The molecule has 0 aromatic rings. The van der Waals surface area contributed by atoms with E-state index in [2.05, 4.69) is 24.2 Å². The number of hydrogen-bond acceptors (Lipinski definition) is 3. The Labute approximate surface area is 110 Å². The van der Waals surface area contributed by atoms with Crippen molar-refractivity contribution in [2.75, 3.05) is 19.6 Å². The van der Waals surface area contributed by atoms with Crippen LogP contribution < -0.4 is 11.3 Å². The molecule has 2 bridgehead atoms. The molecule has 0 heterocycles. The van der Waals surface area contributed by atoms with Gasteiger partial charge in [0.25, 0.3) is 0 Å². The minimum Gasteiger partial charge on any atom is -0.303 e. The highest BCUT2D eigenvalue weighted by molar-refractivity contribution is 5.82. The van der Waals surface area contributed by atoms with Gasteiger partial charge >= 0.3 is 0 Å². The van der Waals surface area contributed by atoms with Crippen molar-refractivity contribution in [2.24, 2.45) is 16.7 Å². The minimum absolute atomic E-state index is 0.0682. The third-order valence-electron chi connectivity index (χ3n) is 5.47. The van der Waals surface area contributed by atoms with Gasteiger partial charge in [0.15, 0.2) is 0 Å². The van der Waals surface area contributed by atoms with Gasteiger partial charge in [0.2, 0.25) is 5.91 Å². The second kappa shape index (κ2) is 5.17. The largest absolute Gasteiger partial charge is 0.303 e. The van der Waals surface area contributed by atoms with Crippen LogP contribution in [-0.4, -0.2) is 30.4 Å². The molecule has 4 nitrogen and oxygen atoms in total. The van der Waals surface area contributed by atoms with Crippen LogP contribution in [0, 0.1) is 10.8 Å². The van der Waals surface area contributed by atoms with E-state index in [9.17, 15) is 4.79 Å². The number of rotatable bonds is 5. The average Bonchev–Trinajstić information content (AvgIpc) is 2.45. The van der Waals surface area contributed by atoms with Crippen molar-refractivity contribution in [2.45, 2.75) is 52.4 Å². The van der Waals surface area contributed by atoms with Crippen LogP contribution in [0.2, 0.25) is 0 Å². The van der Waals surface area contributed by atoms with Crippen molar-refractivity contribution in [3.8, 4) is 0 Å². The summed E-state index contributed by atoms with van der Waals surface area (Å²) in [4.78, 5) is 14.5. The summed E-state index contributed by atoms with van der Waals surface area (Å²) in [5.74, 6) is 5.40. The number of nitrogens with one attached hydrogen (secondary N) is 1. The third kappa shape index (κ3) is 2.28. The van der Waals surface area contributed by atoms with Gasteiger partial charge in [-0.25, -0.2) is 5.84 Å². The van der Waals surface area contributed by atoms with Crippen LogP contribution in [0.3, 0.4) is 0 Å². The number of fused-ring (bicyclic) bond motifs is 3. The highest BCUT2D eigenvalue weighted by Gasteiger charge is 2.52. The van der Waals surface area contributed by atoms with E-state index in [1.165, 1.54) is 25.8 Å². The predicted molar refractivity (Wildman–Crippen MR) is 72.7 cm³/mol. The molecule has 0 unspecified atom stereocenters. The number of nitrogens with zero attached hydrogens (tertiary/aromatic N) is 1. The Bertz CT molecular complexity index is 288. The maximum atomic E-state index is 11.9. The summed E-state index contributed by atoms with van der Waals surface area (Å²) in [6.07, 6.45) is 6.65. The van der Waals surface area contributed by atoms with E-state index < -0.39 is 0 Å². The van der Waals surface area contributed by atoms with Gasteiger partial charge in [-0.05, 0) is 57.0 Å². The van der Waals surface area contributed by atoms with Crippen molar-refractivity contribution < 1.29 is 4.79 Å². The Morgan fingerprint density at radius 2 is 1.61 bits per heavy atom. The second-order valence-corrected chi connectivity index (χ2v) is 6.22. The van der Waals surface area contributed by atoms with Crippen LogP contribution >= 0.6 is 0 Å². The fraction of sp³-hybridized carbons (Fsp3) is 0.929. The first-order valence-corrected chi connectivity index (χ1v) is 7.33.